The molecule has 124 valence electrons. The van der Waals surface area contributed by atoms with Crippen LogP contribution < -0.4 is 5.32 Å². The zero-order valence-electron chi connectivity index (χ0n) is 14.1. The molecule has 1 saturated carbocycles. The van der Waals surface area contributed by atoms with E-state index in [-0.39, 0.29) is 23.8 Å². The summed E-state index contributed by atoms with van der Waals surface area (Å²) in [5, 5.41) is 3.02. The standard InChI is InChI=1S/C18H23FN2O2/c1-10(2)13-8-14(16(20-4)9-15(13)19)17(21-5)11(3)18(22)23-12-6-7-12/h8-10,12,21H,4,6-7H2,1-3,5H3/b17-11-. The molecule has 1 fully saturated rings. The van der Waals surface area contributed by atoms with Crippen LogP contribution in [0.25, 0.3) is 5.70 Å². The molecule has 0 heterocycles. The fourth-order valence-corrected chi connectivity index (χ4v) is 2.40. The predicted molar refractivity (Wildman–Crippen MR) is 90.5 cm³/mol. The Kier molecular flexibility index (Phi) is 5.19. The molecule has 2 rings (SSSR count). The Hall–Kier alpha value is -2.17. The molecular weight excluding hydrogens is 295 g/mol. The molecule has 0 bridgehead atoms. The molecule has 0 saturated heterocycles. The summed E-state index contributed by atoms with van der Waals surface area (Å²) >= 11 is 0. The summed E-state index contributed by atoms with van der Waals surface area (Å²) in [4.78, 5) is 16.1. The third-order valence-corrected chi connectivity index (χ3v) is 3.91. The minimum absolute atomic E-state index is 0.0180. The summed E-state index contributed by atoms with van der Waals surface area (Å²) in [7, 11) is 1.72. The highest BCUT2D eigenvalue weighted by Crippen LogP contribution is 2.33. The van der Waals surface area contributed by atoms with Crippen LogP contribution in [-0.4, -0.2) is 25.8 Å². The molecule has 4 nitrogen and oxygen atoms in total. The summed E-state index contributed by atoms with van der Waals surface area (Å²) in [5.41, 5.74) is 2.65. The molecule has 1 aromatic rings. The van der Waals surface area contributed by atoms with Gasteiger partial charge in [0.2, 0.25) is 0 Å². The molecule has 0 radical (unpaired) electrons. The van der Waals surface area contributed by atoms with Crippen molar-refractivity contribution in [1.82, 2.24) is 5.32 Å². The third kappa shape index (κ3) is 3.78. The van der Waals surface area contributed by atoms with E-state index in [1.807, 2.05) is 13.8 Å². The van der Waals surface area contributed by atoms with Crippen LogP contribution in [0, 0.1) is 5.82 Å². The lowest BCUT2D eigenvalue weighted by Crippen LogP contribution is -2.15. The largest absolute Gasteiger partial charge is 0.459 e. The Morgan fingerprint density at radius 3 is 2.57 bits per heavy atom. The Labute approximate surface area is 136 Å². The van der Waals surface area contributed by atoms with Crippen molar-refractivity contribution in [1.29, 1.82) is 0 Å². The second-order valence-electron chi connectivity index (χ2n) is 6.06. The molecule has 0 spiro atoms. The molecule has 23 heavy (non-hydrogen) atoms. The van der Waals surface area contributed by atoms with Gasteiger partial charge in [-0.05, 0) is 44.0 Å². The van der Waals surface area contributed by atoms with E-state index in [2.05, 4.69) is 17.0 Å². The average molecular weight is 318 g/mol. The summed E-state index contributed by atoms with van der Waals surface area (Å²) in [6.45, 7) is 9.03. The van der Waals surface area contributed by atoms with Crippen molar-refractivity contribution in [2.24, 2.45) is 4.99 Å². The van der Waals surface area contributed by atoms with Gasteiger partial charge in [-0.25, -0.2) is 9.18 Å². The zero-order valence-corrected chi connectivity index (χ0v) is 14.1. The predicted octanol–water partition coefficient (Wildman–Crippen LogP) is 3.94. The van der Waals surface area contributed by atoms with E-state index in [0.717, 1.165) is 12.8 Å². The number of nitrogens with one attached hydrogen (secondary N) is 1. The Morgan fingerprint density at radius 1 is 1.43 bits per heavy atom. The van der Waals surface area contributed by atoms with Crippen molar-refractivity contribution in [2.45, 2.75) is 45.6 Å². The van der Waals surface area contributed by atoms with Gasteiger partial charge in [0, 0.05) is 18.7 Å². The first-order valence-electron chi connectivity index (χ1n) is 7.79. The highest BCUT2D eigenvalue weighted by Gasteiger charge is 2.28. The average Bonchev–Trinajstić information content (AvgIpc) is 3.32. The van der Waals surface area contributed by atoms with Gasteiger partial charge in [0.15, 0.2) is 0 Å². The van der Waals surface area contributed by atoms with Crippen LogP contribution in [0.5, 0.6) is 0 Å². The van der Waals surface area contributed by atoms with E-state index >= 15 is 0 Å². The summed E-state index contributed by atoms with van der Waals surface area (Å²) in [6, 6.07) is 3.08. The molecule has 1 N–H and O–H groups in total. The van der Waals surface area contributed by atoms with Crippen LogP contribution in [0.1, 0.15) is 50.7 Å². The first kappa shape index (κ1) is 17.2. The van der Waals surface area contributed by atoms with Crippen LogP contribution in [0.15, 0.2) is 22.7 Å². The number of rotatable bonds is 6. The fraction of sp³-hybridized carbons (Fsp3) is 0.444. The maximum Gasteiger partial charge on any atom is 0.336 e. The van der Waals surface area contributed by atoms with E-state index < -0.39 is 0 Å². The van der Waals surface area contributed by atoms with Gasteiger partial charge in [-0.1, -0.05) is 13.8 Å². The van der Waals surface area contributed by atoms with Crippen molar-refractivity contribution in [3.05, 3.63) is 34.6 Å². The van der Waals surface area contributed by atoms with Gasteiger partial charge in [-0.3, -0.25) is 4.99 Å². The first-order valence-corrected chi connectivity index (χ1v) is 7.79. The highest BCUT2D eigenvalue weighted by atomic mass is 19.1. The van der Waals surface area contributed by atoms with Crippen LogP contribution in [-0.2, 0) is 9.53 Å². The number of hydrogen-bond acceptors (Lipinski definition) is 4. The second kappa shape index (κ2) is 6.94. The van der Waals surface area contributed by atoms with Gasteiger partial charge in [0.1, 0.15) is 11.9 Å². The summed E-state index contributed by atoms with van der Waals surface area (Å²) in [5.74, 6) is -0.661. The van der Waals surface area contributed by atoms with Gasteiger partial charge < -0.3 is 10.1 Å². The lowest BCUT2D eigenvalue weighted by atomic mass is 9.96. The van der Waals surface area contributed by atoms with Crippen LogP contribution in [0.4, 0.5) is 10.1 Å². The molecule has 0 unspecified atom stereocenters. The molecule has 0 aliphatic heterocycles. The highest BCUT2D eigenvalue weighted by molar-refractivity contribution is 5.98. The third-order valence-electron chi connectivity index (χ3n) is 3.91. The zero-order chi connectivity index (χ0) is 17.1. The SMILES string of the molecule is C=Nc1cc(F)c(C(C)C)cc1/C(NC)=C(\C)C(=O)OC1CC1. The quantitative estimate of drug-likeness (QED) is 0.491. The van der Waals surface area contributed by atoms with Gasteiger partial charge in [-0.2, -0.15) is 0 Å². The van der Waals surface area contributed by atoms with Crippen LogP contribution in [0.3, 0.4) is 0 Å². The van der Waals surface area contributed by atoms with Crippen molar-refractivity contribution >= 4 is 24.1 Å². The van der Waals surface area contributed by atoms with Crippen molar-refractivity contribution < 1.29 is 13.9 Å². The van der Waals surface area contributed by atoms with E-state index in [9.17, 15) is 9.18 Å². The monoisotopic (exact) mass is 318 g/mol. The number of ether oxygens (including phenoxy) is 1. The number of carbonyl (C=O) groups is 1. The minimum atomic E-state index is -0.359. The number of nitrogens with zero attached hydrogens (tertiary/aromatic N) is 1. The summed E-state index contributed by atoms with van der Waals surface area (Å²) < 4.78 is 19.5. The van der Waals surface area contributed by atoms with E-state index in [4.69, 9.17) is 4.74 Å². The molecule has 0 aromatic heterocycles. The summed E-state index contributed by atoms with van der Waals surface area (Å²) in [6.07, 6.45) is 1.87. The molecule has 1 aromatic carbocycles. The van der Waals surface area contributed by atoms with E-state index in [1.165, 1.54) is 6.07 Å². The first-order chi connectivity index (χ1) is 10.9. The Balaban J connectivity index is 2.52. The van der Waals surface area contributed by atoms with Gasteiger partial charge in [0.05, 0.1) is 17.0 Å². The molecule has 0 amide bonds. The Morgan fingerprint density at radius 2 is 2.09 bits per heavy atom. The van der Waals surface area contributed by atoms with Crippen molar-refractivity contribution in [2.75, 3.05) is 7.05 Å². The maximum atomic E-state index is 14.2. The number of benzene rings is 1. The Bertz CT molecular complexity index is 661. The van der Waals surface area contributed by atoms with Gasteiger partial charge in [0.25, 0.3) is 0 Å². The number of aliphatic imine (C=N–C) groups is 1. The van der Waals surface area contributed by atoms with Gasteiger partial charge in [-0.15, -0.1) is 0 Å². The molecule has 0 atom stereocenters. The molecule has 1 aliphatic rings. The van der Waals surface area contributed by atoms with Crippen molar-refractivity contribution in [3.63, 3.8) is 0 Å². The smallest absolute Gasteiger partial charge is 0.336 e. The second-order valence-corrected chi connectivity index (χ2v) is 6.06. The minimum Gasteiger partial charge on any atom is -0.459 e. The number of carbonyl (C=O) groups excluding carboxylic acids is 1. The number of esters is 1. The lowest BCUT2D eigenvalue weighted by molar-refractivity contribution is -0.140. The van der Waals surface area contributed by atoms with Crippen LogP contribution >= 0.6 is 0 Å². The van der Waals surface area contributed by atoms with E-state index in [1.54, 1.807) is 20.0 Å². The molecular formula is C18H23FN2O2. The van der Waals surface area contributed by atoms with Crippen molar-refractivity contribution in [3.8, 4) is 0 Å². The normalized spacial score (nSPS) is 15.2. The van der Waals surface area contributed by atoms with Crippen LogP contribution in [0.2, 0.25) is 0 Å². The topological polar surface area (TPSA) is 50.7 Å². The van der Waals surface area contributed by atoms with E-state index in [0.29, 0.717) is 28.1 Å². The molecule has 1 aliphatic carbocycles. The maximum absolute atomic E-state index is 14.2. The molecule has 5 heteroatoms. The number of hydrogen-bond donors (Lipinski definition) is 1. The van der Waals surface area contributed by atoms with Gasteiger partial charge >= 0.3 is 5.97 Å². The lowest BCUT2D eigenvalue weighted by Gasteiger charge is -2.17. The fourth-order valence-electron chi connectivity index (χ4n) is 2.40. The number of halogens is 1.